The van der Waals surface area contributed by atoms with E-state index in [0.717, 1.165) is 5.56 Å². The molecule has 0 spiro atoms. The SMILES string of the molecule is CC(NCC1CCS(=O)(=O)C1)c1ccc(F)c(Cl)c1. The van der Waals surface area contributed by atoms with Gasteiger partial charge in [-0.2, -0.15) is 0 Å². The Morgan fingerprint density at radius 2 is 2.26 bits per heavy atom. The average Bonchev–Trinajstić information content (AvgIpc) is 2.69. The van der Waals surface area contributed by atoms with Gasteiger partial charge in [0.05, 0.1) is 16.5 Å². The first-order chi connectivity index (χ1) is 8.87. The summed E-state index contributed by atoms with van der Waals surface area (Å²) in [5.74, 6) is 0.287. The summed E-state index contributed by atoms with van der Waals surface area (Å²) in [6.07, 6.45) is 0.715. The number of halogens is 2. The molecule has 2 rings (SSSR count). The summed E-state index contributed by atoms with van der Waals surface area (Å²) in [6.45, 7) is 2.60. The van der Waals surface area contributed by atoms with Gasteiger partial charge >= 0.3 is 0 Å². The van der Waals surface area contributed by atoms with Gasteiger partial charge in [-0.15, -0.1) is 0 Å². The third-order valence-electron chi connectivity index (χ3n) is 3.48. The van der Waals surface area contributed by atoms with Gasteiger partial charge in [0.2, 0.25) is 0 Å². The smallest absolute Gasteiger partial charge is 0.150 e. The summed E-state index contributed by atoms with van der Waals surface area (Å²) in [5.41, 5.74) is 0.896. The summed E-state index contributed by atoms with van der Waals surface area (Å²) >= 11 is 5.74. The molecule has 0 aliphatic carbocycles. The second-order valence-electron chi connectivity index (χ2n) is 5.07. The molecule has 1 heterocycles. The normalized spacial score (nSPS) is 23.4. The van der Waals surface area contributed by atoms with E-state index < -0.39 is 15.7 Å². The fourth-order valence-corrected chi connectivity index (χ4v) is 4.33. The van der Waals surface area contributed by atoms with E-state index >= 15 is 0 Å². The van der Waals surface area contributed by atoms with Gasteiger partial charge in [0, 0.05) is 6.04 Å². The van der Waals surface area contributed by atoms with Crippen molar-refractivity contribution >= 4 is 21.4 Å². The average molecular weight is 306 g/mol. The topological polar surface area (TPSA) is 46.2 Å². The van der Waals surface area contributed by atoms with Crippen LogP contribution >= 0.6 is 11.6 Å². The van der Waals surface area contributed by atoms with Crippen LogP contribution in [0.2, 0.25) is 5.02 Å². The van der Waals surface area contributed by atoms with E-state index in [1.54, 1.807) is 12.1 Å². The van der Waals surface area contributed by atoms with Gasteiger partial charge in [-0.05, 0) is 43.5 Å². The van der Waals surface area contributed by atoms with Gasteiger partial charge in [-0.3, -0.25) is 0 Å². The van der Waals surface area contributed by atoms with E-state index in [9.17, 15) is 12.8 Å². The molecule has 1 aromatic rings. The maximum atomic E-state index is 13.1. The molecular weight excluding hydrogens is 289 g/mol. The molecule has 19 heavy (non-hydrogen) atoms. The highest BCUT2D eigenvalue weighted by Crippen LogP contribution is 2.22. The van der Waals surface area contributed by atoms with Crippen molar-refractivity contribution in [1.29, 1.82) is 0 Å². The van der Waals surface area contributed by atoms with Crippen molar-refractivity contribution in [2.75, 3.05) is 18.1 Å². The van der Waals surface area contributed by atoms with Gasteiger partial charge in [0.15, 0.2) is 9.84 Å². The Hall–Kier alpha value is -0.650. The molecule has 1 aliphatic rings. The van der Waals surface area contributed by atoms with E-state index in [-0.39, 0.29) is 28.5 Å². The van der Waals surface area contributed by atoms with Crippen LogP contribution in [0.3, 0.4) is 0 Å². The van der Waals surface area contributed by atoms with Crippen LogP contribution in [0, 0.1) is 11.7 Å². The van der Waals surface area contributed by atoms with Gasteiger partial charge in [0.1, 0.15) is 5.82 Å². The van der Waals surface area contributed by atoms with Crippen LogP contribution in [0.4, 0.5) is 4.39 Å². The van der Waals surface area contributed by atoms with Gasteiger partial charge in [0.25, 0.3) is 0 Å². The fourth-order valence-electron chi connectivity index (χ4n) is 2.28. The molecule has 2 unspecified atom stereocenters. The van der Waals surface area contributed by atoms with Crippen LogP contribution in [0.1, 0.15) is 24.9 Å². The van der Waals surface area contributed by atoms with Crippen LogP contribution in [0.5, 0.6) is 0 Å². The molecule has 2 atom stereocenters. The summed E-state index contributed by atoms with van der Waals surface area (Å²) in [7, 11) is -2.83. The number of hydrogen-bond acceptors (Lipinski definition) is 3. The Bertz CT molecular complexity index is 562. The second kappa shape index (κ2) is 5.77. The summed E-state index contributed by atoms with van der Waals surface area (Å²) in [6, 6.07) is 4.64. The van der Waals surface area contributed by atoms with E-state index in [0.29, 0.717) is 13.0 Å². The van der Waals surface area contributed by atoms with E-state index in [2.05, 4.69) is 5.32 Å². The van der Waals surface area contributed by atoms with Gasteiger partial charge in [-0.25, -0.2) is 12.8 Å². The fraction of sp³-hybridized carbons (Fsp3) is 0.538. The van der Waals surface area contributed by atoms with E-state index in [1.165, 1.54) is 6.07 Å². The molecule has 0 bridgehead atoms. The highest BCUT2D eigenvalue weighted by molar-refractivity contribution is 7.91. The van der Waals surface area contributed by atoms with E-state index in [1.807, 2.05) is 6.92 Å². The number of rotatable bonds is 4. The Morgan fingerprint density at radius 1 is 1.53 bits per heavy atom. The monoisotopic (exact) mass is 305 g/mol. The van der Waals surface area contributed by atoms with Crippen molar-refractivity contribution in [2.24, 2.45) is 5.92 Å². The van der Waals surface area contributed by atoms with Crippen molar-refractivity contribution < 1.29 is 12.8 Å². The van der Waals surface area contributed by atoms with Crippen molar-refractivity contribution in [1.82, 2.24) is 5.32 Å². The van der Waals surface area contributed by atoms with Gasteiger partial charge < -0.3 is 5.32 Å². The zero-order valence-electron chi connectivity index (χ0n) is 10.7. The number of benzene rings is 1. The van der Waals surface area contributed by atoms with Crippen molar-refractivity contribution in [3.05, 3.63) is 34.6 Å². The summed E-state index contributed by atoms with van der Waals surface area (Å²) in [4.78, 5) is 0. The Kier molecular flexibility index (Phi) is 4.48. The Balaban J connectivity index is 1.91. The minimum atomic E-state index is -2.83. The quantitative estimate of drug-likeness (QED) is 0.930. The lowest BCUT2D eigenvalue weighted by atomic mass is 10.1. The predicted octanol–water partition coefficient (Wildman–Crippen LogP) is 2.56. The molecule has 0 saturated carbocycles. The molecule has 1 fully saturated rings. The van der Waals surface area contributed by atoms with Gasteiger partial charge in [-0.1, -0.05) is 17.7 Å². The van der Waals surface area contributed by atoms with Crippen LogP contribution < -0.4 is 5.32 Å². The zero-order chi connectivity index (χ0) is 14.0. The molecule has 0 amide bonds. The lowest BCUT2D eigenvalue weighted by Gasteiger charge is -2.17. The first-order valence-corrected chi connectivity index (χ1v) is 8.46. The largest absolute Gasteiger partial charge is 0.310 e. The molecular formula is C13H17ClFNO2S. The summed E-state index contributed by atoms with van der Waals surface area (Å²) in [5, 5.41) is 3.39. The number of sulfone groups is 1. The Labute approximate surface area is 118 Å². The van der Waals surface area contributed by atoms with Crippen LogP contribution in [0.25, 0.3) is 0 Å². The number of nitrogens with one attached hydrogen (secondary N) is 1. The predicted molar refractivity (Wildman–Crippen MR) is 74.6 cm³/mol. The first kappa shape index (κ1) is 14.8. The lowest BCUT2D eigenvalue weighted by molar-refractivity contribution is 0.476. The minimum Gasteiger partial charge on any atom is -0.310 e. The molecule has 1 aromatic carbocycles. The van der Waals surface area contributed by atoms with Crippen LogP contribution in [-0.4, -0.2) is 26.5 Å². The highest BCUT2D eigenvalue weighted by atomic mass is 35.5. The standard InChI is InChI=1S/C13H17ClFNO2S/c1-9(11-2-3-13(15)12(14)6-11)16-7-10-4-5-19(17,18)8-10/h2-3,6,9-10,16H,4-5,7-8H2,1H3. The molecule has 0 aromatic heterocycles. The molecule has 3 nitrogen and oxygen atoms in total. The molecule has 6 heteroatoms. The zero-order valence-corrected chi connectivity index (χ0v) is 12.3. The molecule has 1 saturated heterocycles. The minimum absolute atomic E-state index is 0.0152. The van der Waals surface area contributed by atoms with E-state index in [4.69, 9.17) is 11.6 Å². The molecule has 106 valence electrons. The van der Waals surface area contributed by atoms with Crippen LogP contribution in [0.15, 0.2) is 18.2 Å². The lowest BCUT2D eigenvalue weighted by Crippen LogP contribution is -2.26. The molecule has 1 aliphatic heterocycles. The Morgan fingerprint density at radius 3 is 2.84 bits per heavy atom. The highest BCUT2D eigenvalue weighted by Gasteiger charge is 2.27. The molecule has 0 radical (unpaired) electrons. The first-order valence-electron chi connectivity index (χ1n) is 6.26. The van der Waals surface area contributed by atoms with Crippen molar-refractivity contribution in [3.8, 4) is 0 Å². The van der Waals surface area contributed by atoms with Crippen molar-refractivity contribution in [2.45, 2.75) is 19.4 Å². The third-order valence-corrected chi connectivity index (χ3v) is 5.61. The maximum Gasteiger partial charge on any atom is 0.150 e. The maximum absolute atomic E-state index is 13.1. The van der Waals surface area contributed by atoms with Crippen LogP contribution in [-0.2, 0) is 9.84 Å². The summed E-state index contributed by atoms with van der Waals surface area (Å²) < 4.78 is 35.8. The molecule has 1 N–H and O–H groups in total. The second-order valence-corrected chi connectivity index (χ2v) is 7.71. The number of hydrogen-bond donors (Lipinski definition) is 1. The van der Waals surface area contributed by atoms with Crippen molar-refractivity contribution in [3.63, 3.8) is 0 Å². The third kappa shape index (κ3) is 3.91.